The molecule has 0 atom stereocenters. The van der Waals surface area contributed by atoms with E-state index in [-0.39, 0.29) is 17.3 Å². The third-order valence-corrected chi connectivity index (χ3v) is 4.70. The Morgan fingerprint density at radius 2 is 1.69 bits per heavy atom. The Labute approximate surface area is 181 Å². The predicted octanol–water partition coefficient (Wildman–Crippen LogP) is 2.26. The van der Waals surface area contributed by atoms with Crippen molar-refractivity contribution in [1.82, 2.24) is 16.2 Å². The molecule has 152 valence electrons. The summed E-state index contributed by atoms with van der Waals surface area (Å²) < 4.78 is 10.9. The molecule has 0 aliphatic heterocycles. The van der Waals surface area contributed by atoms with Crippen molar-refractivity contribution in [2.24, 2.45) is 0 Å². The maximum Gasteiger partial charge on any atom is 0.337 e. The molecule has 29 heavy (non-hydrogen) atoms. The average Bonchev–Trinajstić information content (AvgIpc) is 2.72. The number of hydrogen-bond donors (Lipinski definition) is 3. The molecule has 0 radical (unpaired) electrons. The lowest BCUT2D eigenvalue weighted by atomic mass is 10.1. The summed E-state index contributed by atoms with van der Waals surface area (Å²) in [5.74, 6) is -0.941. The number of rotatable bonds is 5. The number of thiocarbonyl (C=S) groups is 1. The van der Waals surface area contributed by atoms with Crippen LogP contribution in [0.3, 0.4) is 0 Å². The minimum atomic E-state index is -0.505. The summed E-state index contributed by atoms with van der Waals surface area (Å²) in [5, 5.41) is 2.31. The Morgan fingerprint density at radius 3 is 2.31 bits per heavy atom. The molecule has 2 aromatic carbocycles. The number of halogens is 1. The van der Waals surface area contributed by atoms with Crippen LogP contribution < -0.4 is 20.9 Å². The van der Waals surface area contributed by atoms with Gasteiger partial charge in [-0.2, -0.15) is 0 Å². The summed E-state index contributed by atoms with van der Waals surface area (Å²) in [5.41, 5.74) is 6.32. The molecular weight excluding hydrogens is 462 g/mol. The Morgan fingerprint density at radius 1 is 1.03 bits per heavy atom. The van der Waals surface area contributed by atoms with Crippen molar-refractivity contribution in [3.8, 4) is 5.75 Å². The van der Waals surface area contributed by atoms with Gasteiger partial charge in [0, 0.05) is 10.0 Å². The minimum absolute atomic E-state index is 0.0973. The number of nitrogens with one attached hydrogen (secondary N) is 3. The second-order valence-electron chi connectivity index (χ2n) is 5.73. The monoisotopic (exact) mass is 479 g/mol. The zero-order chi connectivity index (χ0) is 21.4. The Kier molecular flexibility index (Phi) is 8.10. The molecule has 2 aromatic rings. The Balaban J connectivity index is 1.76. The van der Waals surface area contributed by atoms with E-state index >= 15 is 0 Å². The van der Waals surface area contributed by atoms with Crippen molar-refractivity contribution in [3.63, 3.8) is 0 Å². The summed E-state index contributed by atoms with van der Waals surface area (Å²) in [6.45, 7) is 1.67. The average molecular weight is 480 g/mol. The van der Waals surface area contributed by atoms with Crippen LogP contribution >= 0.6 is 28.1 Å². The van der Waals surface area contributed by atoms with E-state index in [1.165, 1.54) is 31.4 Å². The minimum Gasteiger partial charge on any atom is -0.484 e. The second-order valence-corrected chi connectivity index (χ2v) is 6.99. The van der Waals surface area contributed by atoms with E-state index in [0.717, 1.165) is 10.0 Å². The number of esters is 1. The van der Waals surface area contributed by atoms with Gasteiger partial charge in [-0.25, -0.2) is 4.79 Å². The largest absolute Gasteiger partial charge is 0.484 e. The van der Waals surface area contributed by atoms with Crippen LogP contribution in [0.2, 0.25) is 0 Å². The van der Waals surface area contributed by atoms with Crippen molar-refractivity contribution >= 4 is 51.0 Å². The number of methoxy groups -OCH3 is 1. The Hall–Kier alpha value is -2.98. The van der Waals surface area contributed by atoms with Gasteiger partial charge in [-0.15, -0.1) is 0 Å². The summed E-state index contributed by atoms with van der Waals surface area (Å²) in [7, 11) is 1.27. The van der Waals surface area contributed by atoms with Crippen molar-refractivity contribution in [2.75, 3.05) is 13.7 Å². The van der Waals surface area contributed by atoms with Crippen LogP contribution in [0.25, 0.3) is 0 Å². The maximum absolute atomic E-state index is 12.1. The highest BCUT2D eigenvalue weighted by molar-refractivity contribution is 9.10. The van der Waals surface area contributed by atoms with E-state index in [0.29, 0.717) is 11.3 Å². The lowest BCUT2D eigenvalue weighted by Crippen LogP contribution is -2.49. The number of benzene rings is 2. The van der Waals surface area contributed by atoms with Crippen LogP contribution in [0.4, 0.5) is 0 Å². The zero-order valence-corrected chi connectivity index (χ0v) is 18.0. The molecule has 2 amide bonds. The maximum atomic E-state index is 12.1. The first-order valence-electron chi connectivity index (χ1n) is 8.27. The smallest absolute Gasteiger partial charge is 0.337 e. The van der Waals surface area contributed by atoms with Gasteiger partial charge >= 0.3 is 5.97 Å². The van der Waals surface area contributed by atoms with Crippen molar-refractivity contribution in [3.05, 3.63) is 63.6 Å². The molecule has 0 saturated carbocycles. The molecule has 0 bridgehead atoms. The molecule has 0 saturated heterocycles. The van der Waals surface area contributed by atoms with Gasteiger partial charge in [-0.1, -0.05) is 15.9 Å². The van der Waals surface area contributed by atoms with Crippen LogP contribution in [0.15, 0.2) is 46.9 Å². The number of ether oxygens (including phenoxy) is 2. The second kappa shape index (κ2) is 10.5. The van der Waals surface area contributed by atoms with E-state index in [1.54, 1.807) is 12.1 Å². The van der Waals surface area contributed by atoms with Crippen molar-refractivity contribution < 1.29 is 23.9 Å². The van der Waals surface area contributed by atoms with Gasteiger partial charge in [-0.05, 0) is 67.2 Å². The molecule has 3 N–H and O–H groups in total. The van der Waals surface area contributed by atoms with Gasteiger partial charge in [-0.3, -0.25) is 25.8 Å². The van der Waals surface area contributed by atoms with E-state index in [4.69, 9.17) is 17.0 Å². The fraction of sp³-hybridized carbons (Fsp3) is 0.158. The number of hydrazine groups is 1. The number of carbonyl (C=O) groups is 3. The Bertz CT molecular complexity index is 934. The highest BCUT2D eigenvalue weighted by Crippen LogP contribution is 2.21. The molecule has 8 nitrogen and oxygen atoms in total. The topological polar surface area (TPSA) is 106 Å². The fourth-order valence-electron chi connectivity index (χ4n) is 2.10. The van der Waals surface area contributed by atoms with Gasteiger partial charge in [0.1, 0.15) is 5.75 Å². The highest BCUT2D eigenvalue weighted by atomic mass is 79.9. The molecule has 0 fully saturated rings. The number of hydrogen-bond acceptors (Lipinski definition) is 6. The SMILES string of the molecule is COC(=O)c1ccc(C(=O)NC(=S)NNC(=O)COc2ccc(Br)c(C)c2)cc1. The quantitative estimate of drug-likeness (QED) is 0.343. The molecule has 0 heterocycles. The van der Waals surface area contributed by atoms with E-state index < -0.39 is 17.8 Å². The fourth-order valence-corrected chi connectivity index (χ4v) is 2.49. The lowest BCUT2D eigenvalue weighted by Gasteiger charge is -2.12. The standard InChI is InChI=1S/C19H18BrN3O5S/c1-11-9-14(7-8-15(11)20)28-10-16(24)22-23-19(29)21-17(25)12-3-5-13(6-4-12)18(26)27-2/h3-9H,10H2,1-2H3,(H,22,24)(H2,21,23,25,29). The van der Waals surface area contributed by atoms with E-state index in [2.05, 4.69) is 36.8 Å². The van der Waals surface area contributed by atoms with Crippen molar-refractivity contribution in [1.29, 1.82) is 0 Å². The summed E-state index contributed by atoms with van der Waals surface area (Å²) in [4.78, 5) is 35.3. The van der Waals surface area contributed by atoms with Gasteiger partial charge in [0.25, 0.3) is 11.8 Å². The molecule has 0 aromatic heterocycles. The van der Waals surface area contributed by atoms with Gasteiger partial charge in [0.05, 0.1) is 12.7 Å². The molecule has 2 rings (SSSR count). The molecule has 0 spiro atoms. The van der Waals surface area contributed by atoms with Crippen LogP contribution in [0.5, 0.6) is 5.75 Å². The van der Waals surface area contributed by atoms with Gasteiger partial charge < -0.3 is 9.47 Å². The van der Waals surface area contributed by atoms with Crippen LogP contribution in [-0.4, -0.2) is 36.6 Å². The third-order valence-electron chi connectivity index (χ3n) is 3.61. The first-order chi connectivity index (χ1) is 13.8. The summed E-state index contributed by atoms with van der Waals surface area (Å²) in [6.07, 6.45) is 0. The zero-order valence-electron chi connectivity index (χ0n) is 15.6. The van der Waals surface area contributed by atoms with Crippen LogP contribution in [-0.2, 0) is 9.53 Å². The number of aryl methyl sites for hydroxylation is 1. The van der Waals surface area contributed by atoms with Gasteiger partial charge in [0.15, 0.2) is 11.7 Å². The summed E-state index contributed by atoms with van der Waals surface area (Å²) in [6, 6.07) is 11.2. The van der Waals surface area contributed by atoms with Crippen molar-refractivity contribution in [2.45, 2.75) is 6.92 Å². The highest BCUT2D eigenvalue weighted by Gasteiger charge is 2.11. The first kappa shape index (κ1) is 22.3. The third kappa shape index (κ3) is 6.84. The summed E-state index contributed by atoms with van der Waals surface area (Å²) >= 11 is 8.35. The number of carbonyl (C=O) groups excluding carboxylic acids is 3. The normalized spacial score (nSPS) is 9.90. The predicted molar refractivity (Wildman–Crippen MR) is 113 cm³/mol. The van der Waals surface area contributed by atoms with Crippen LogP contribution in [0.1, 0.15) is 26.3 Å². The molecule has 0 aliphatic carbocycles. The van der Waals surface area contributed by atoms with Crippen LogP contribution in [0, 0.1) is 6.92 Å². The molecule has 0 aliphatic rings. The molecule has 0 unspecified atom stereocenters. The van der Waals surface area contributed by atoms with E-state index in [1.807, 2.05) is 13.0 Å². The van der Waals surface area contributed by atoms with Gasteiger partial charge in [0.2, 0.25) is 0 Å². The number of amides is 2. The molecule has 10 heteroatoms. The van der Waals surface area contributed by atoms with E-state index in [9.17, 15) is 14.4 Å². The first-order valence-corrected chi connectivity index (χ1v) is 9.47. The molecular formula is C19H18BrN3O5S. The lowest BCUT2D eigenvalue weighted by molar-refractivity contribution is -0.123.